The monoisotopic (exact) mass is 342 g/mol. The Kier molecular flexibility index (Phi) is 4.99. The minimum absolute atomic E-state index is 0.0409. The molecule has 0 radical (unpaired) electrons. The zero-order valence-electron chi connectivity index (χ0n) is 12.1. The first kappa shape index (κ1) is 15.6. The Morgan fingerprint density at radius 3 is 2.30 bits per heavy atom. The molecule has 0 aliphatic carbocycles. The molecule has 116 valence electrons. The lowest BCUT2D eigenvalue weighted by Crippen LogP contribution is -2.28. The van der Waals surface area contributed by atoms with Crippen LogP contribution in [0.15, 0.2) is 64.8 Å². The maximum absolute atomic E-state index is 11.6. The molecule has 1 aliphatic heterocycles. The molecule has 5 nitrogen and oxygen atoms in total. The smallest absolute Gasteiger partial charge is 0.240 e. The van der Waals surface area contributed by atoms with Gasteiger partial charge in [-0.2, -0.15) is 10.2 Å². The molecule has 1 heterocycles. The number of hydrogen-bond donors (Lipinski definition) is 2. The van der Waals surface area contributed by atoms with E-state index in [4.69, 9.17) is 12.2 Å². The molecule has 0 spiro atoms. The van der Waals surface area contributed by atoms with E-state index in [2.05, 4.69) is 20.9 Å². The van der Waals surface area contributed by atoms with Crippen LogP contribution < -0.4 is 10.6 Å². The number of hydrogen-bond acceptors (Lipinski definition) is 6. The van der Waals surface area contributed by atoms with Crippen LogP contribution in [0, 0.1) is 0 Å². The first-order chi connectivity index (χ1) is 11.2. The number of rotatable bonds is 5. The largest absolute Gasteiger partial charge is 0.383 e. The molecule has 23 heavy (non-hydrogen) atoms. The van der Waals surface area contributed by atoms with Crippen molar-refractivity contribution in [3.8, 4) is 0 Å². The molecule has 1 saturated heterocycles. The third kappa shape index (κ3) is 4.37. The van der Waals surface area contributed by atoms with E-state index in [9.17, 15) is 4.79 Å². The van der Waals surface area contributed by atoms with Crippen LogP contribution in [0.25, 0.3) is 0 Å². The third-order valence-electron chi connectivity index (χ3n) is 3.16. The summed E-state index contributed by atoms with van der Waals surface area (Å²) in [6.45, 7) is 0.529. The molecule has 2 N–H and O–H groups in total. The summed E-state index contributed by atoms with van der Waals surface area (Å²) in [5.74, 6) is -0.0409. The van der Waals surface area contributed by atoms with E-state index in [1.807, 2.05) is 54.6 Å². The summed E-state index contributed by atoms with van der Waals surface area (Å²) in [5.41, 5.74) is 2.51. The summed E-state index contributed by atoms with van der Waals surface area (Å²) in [4.78, 5) is 11.6. The molecule has 0 bridgehead atoms. The Bertz CT molecular complexity index is 732. The highest BCUT2D eigenvalue weighted by Gasteiger charge is 2.28. The van der Waals surface area contributed by atoms with Gasteiger partial charge in [0.25, 0.3) is 0 Å². The van der Waals surface area contributed by atoms with Crippen LogP contribution >= 0.6 is 24.0 Å². The summed E-state index contributed by atoms with van der Waals surface area (Å²) < 4.78 is 0.540. The topological polar surface area (TPSA) is 65.8 Å². The van der Waals surface area contributed by atoms with Gasteiger partial charge < -0.3 is 10.6 Å². The van der Waals surface area contributed by atoms with Gasteiger partial charge in [0.15, 0.2) is 0 Å². The average molecular weight is 342 g/mol. The summed E-state index contributed by atoms with van der Waals surface area (Å²) in [6, 6.07) is 17.2. The number of carbonyl (C=O) groups excluding carboxylic acids is 1. The van der Waals surface area contributed by atoms with Crippen LogP contribution in [-0.2, 0) is 4.79 Å². The second-order valence-electron chi connectivity index (χ2n) is 4.85. The zero-order valence-corrected chi connectivity index (χ0v) is 13.7. The predicted octanol–water partition coefficient (Wildman–Crippen LogP) is 4.03. The van der Waals surface area contributed by atoms with Gasteiger partial charge in [-0.3, -0.25) is 4.79 Å². The fourth-order valence-corrected chi connectivity index (χ4v) is 3.19. The highest BCUT2D eigenvalue weighted by Crippen LogP contribution is 2.22. The van der Waals surface area contributed by atoms with Crippen molar-refractivity contribution < 1.29 is 4.79 Å². The summed E-state index contributed by atoms with van der Waals surface area (Å²) >= 11 is 6.35. The minimum Gasteiger partial charge on any atom is -0.383 e. The number of azo groups is 1. The van der Waals surface area contributed by atoms with Crippen LogP contribution in [0.2, 0.25) is 0 Å². The van der Waals surface area contributed by atoms with Gasteiger partial charge in [0, 0.05) is 12.2 Å². The third-order valence-corrected chi connectivity index (χ3v) is 4.54. The van der Waals surface area contributed by atoms with Gasteiger partial charge in [0.1, 0.15) is 9.57 Å². The fourth-order valence-electron chi connectivity index (χ4n) is 1.99. The van der Waals surface area contributed by atoms with Crippen LogP contribution in [0.5, 0.6) is 0 Å². The maximum atomic E-state index is 11.6. The van der Waals surface area contributed by atoms with Gasteiger partial charge in [0.2, 0.25) is 5.91 Å². The van der Waals surface area contributed by atoms with Crippen molar-refractivity contribution in [1.82, 2.24) is 5.32 Å². The Balaban J connectivity index is 1.56. The number of carbonyl (C=O) groups is 1. The molecule has 1 unspecified atom stereocenters. The maximum Gasteiger partial charge on any atom is 0.240 e. The standard InChI is InChI=1S/C16H14N4OS2/c21-15-14(23-16(22)18-15)10-17-11-6-8-13(9-7-11)20-19-12-4-2-1-3-5-12/h1-9,14,17H,10H2,(H,18,21,22). The van der Waals surface area contributed by atoms with Crippen LogP contribution in [-0.4, -0.2) is 22.0 Å². The van der Waals surface area contributed by atoms with Crippen molar-refractivity contribution >= 4 is 51.3 Å². The van der Waals surface area contributed by atoms with Gasteiger partial charge in [-0.25, -0.2) is 0 Å². The normalized spacial score (nSPS) is 17.5. The number of thiocarbonyl (C=S) groups is 1. The lowest BCUT2D eigenvalue weighted by molar-refractivity contribution is -0.118. The first-order valence-electron chi connectivity index (χ1n) is 7.03. The Labute approximate surface area is 143 Å². The molecule has 7 heteroatoms. The summed E-state index contributed by atoms with van der Waals surface area (Å²) in [5, 5.41) is 14.0. The van der Waals surface area contributed by atoms with Crippen molar-refractivity contribution in [3.63, 3.8) is 0 Å². The number of amides is 1. The lowest BCUT2D eigenvalue weighted by atomic mass is 10.2. The van der Waals surface area contributed by atoms with Crippen LogP contribution in [0.4, 0.5) is 17.1 Å². The molecule has 1 aliphatic rings. The zero-order chi connectivity index (χ0) is 16.1. The van der Waals surface area contributed by atoms with E-state index in [-0.39, 0.29) is 11.2 Å². The van der Waals surface area contributed by atoms with E-state index < -0.39 is 0 Å². The van der Waals surface area contributed by atoms with E-state index in [1.165, 1.54) is 11.8 Å². The van der Waals surface area contributed by atoms with Crippen LogP contribution in [0.3, 0.4) is 0 Å². The predicted molar refractivity (Wildman–Crippen MR) is 97.7 cm³/mol. The van der Waals surface area contributed by atoms with Crippen molar-refractivity contribution in [1.29, 1.82) is 0 Å². The molecule has 0 saturated carbocycles. The van der Waals surface area contributed by atoms with Crippen molar-refractivity contribution in [3.05, 3.63) is 54.6 Å². The Hall–Kier alpha value is -2.25. The van der Waals surface area contributed by atoms with Gasteiger partial charge in [0.05, 0.1) is 11.4 Å². The second-order valence-corrected chi connectivity index (χ2v) is 6.73. The van der Waals surface area contributed by atoms with E-state index >= 15 is 0 Å². The van der Waals surface area contributed by atoms with Crippen LogP contribution in [0.1, 0.15) is 0 Å². The Morgan fingerprint density at radius 1 is 1.04 bits per heavy atom. The van der Waals surface area contributed by atoms with Gasteiger partial charge in [-0.15, -0.1) is 0 Å². The number of benzene rings is 2. The molecular weight excluding hydrogens is 328 g/mol. The van der Waals surface area contributed by atoms with Gasteiger partial charge in [-0.05, 0) is 36.4 Å². The number of thioether (sulfide) groups is 1. The second kappa shape index (κ2) is 7.34. The molecule has 2 aromatic rings. The highest BCUT2D eigenvalue weighted by atomic mass is 32.2. The number of nitrogens with one attached hydrogen (secondary N) is 2. The first-order valence-corrected chi connectivity index (χ1v) is 8.32. The summed E-state index contributed by atoms with van der Waals surface area (Å²) in [6.07, 6.45) is 0. The average Bonchev–Trinajstić information content (AvgIpc) is 2.90. The summed E-state index contributed by atoms with van der Waals surface area (Å²) in [7, 11) is 0. The van der Waals surface area contributed by atoms with Crippen molar-refractivity contribution in [2.24, 2.45) is 10.2 Å². The molecule has 3 rings (SSSR count). The van der Waals surface area contributed by atoms with Gasteiger partial charge in [-0.1, -0.05) is 42.2 Å². The molecule has 1 amide bonds. The van der Waals surface area contributed by atoms with E-state index in [1.54, 1.807) is 0 Å². The number of nitrogens with zero attached hydrogens (tertiary/aromatic N) is 2. The van der Waals surface area contributed by atoms with E-state index in [0.717, 1.165) is 17.1 Å². The van der Waals surface area contributed by atoms with Crippen molar-refractivity contribution in [2.75, 3.05) is 11.9 Å². The molecule has 0 aromatic heterocycles. The quantitative estimate of drug-likeness (QED) is 0.636. The molecule has 2 aromatic carbocycles. The number of anilines is 1. The molecule has 1 atom stereocenters. The SMILES string of the molecule is O=C1NC(=S)SC1CNc1ccc(N=Nc2ccccc2)cc1. The van der Waals surface area contributed by atoms with Crippen molar-refractivity contribution in [2.45, 2.75) is 5.25 Å². The minimum atomic E-state index is -0.181. The molecular formula is C16H14N4OS2. The molecule has 1 fully saturated rings. The van der Waals surface area contributed by atoms with E-state index in [0.29, 0.717) is 10.9 Å². The highest BCUT2D eigenvalue weighted by molar-refractivity contribution is 8.24. The lowest BCUT2D eigenvalue weighted by Gasteiger charge is -2.09. The van der Waals surface area contributed by atoms with Gasteiger partial charge >= 0.3 is 0 Å². The fraction of sp³-hybridized carbons (Fsp3) is 0.125. The Morgan fingerprint density at radius 2 is 1.70 bits per heavy atom.